The van der Waals surface area contributed by atoms with Gasteiger partial charge in [-0.1, -0.05) is 15.9 Å². The summed E-state index contributed by atoms with van der Waals surface area (Å²) >= 11 is 3.57. The van der Waals surface area contributed by atoms with Crippen molar-refractivity contribution in [1.82, 2.24) is 5.01 Å². The molecule has 0 amide bonds. The Morgan fingerprint density at radius 3 is 2.50 bits per heavy atom. The number of ether oxygens (including phenoxy) is 3. The SMILES string of the molecule is COc1ccc(C2=NN3[C@H](C2)c2cc(Br)ccc2O[C@@]3(C)c2ccc([N+](=O)[O-])cc2)cc1OC. The zero-order valence-corrected chi connectivity index (χ0v) is 20.4. The molecular weight excluding hydrogens is 502 g/mol. The van der Waals surface area contributed by atoms with Crippen LogP contribution >= 0.6 is 15.9 Å². The Balaban J connectivity index is 1.62. The number of nitro benzene ring substituents is 1. The summed E-state index contributed by atoms with van der Waals surface area (Å²) in [6.07, 6.45) is 0.658. The third-order valence-corrected chi connectivity index (χ3v) is 6.81. The van der Waals surface area contributed by atoms with E-state index >= 15 is 0 Å². The second-order valence-corrected chi connectivity index (χ2v) is 9.17. The van der Waals surface area contributed by atoms with Gasteiger partial charge in [-0.15, -0.1) is 0 Å². The molecule has 0 spiro atoms. The predicted octanol–water partition coefficient (Wildman–Crippen LogP) is 5.79. The first kappa shape index (κ1) is 22.2. The van der Waals surface area contributed by atoms with Crippen molar-refractivity contribution < 1.29 is 19.1 Å². The van der Waals surface area contributed by atoms with Crippen molar-refractivity contribution in [2.24, 2.45) is 5.10 Å². The van der Waals surface area contributed by atoms with Crippen molar-refractivity contribution in [2.45, 2.75) is 25.1 Å². The maximum Gasteiger partial charge on any atom is 0.269 e. The Morgan fingerprint density at radius 1 is 1.09 bits per heavy atom. The molecule has 0 bridgehead atoms. The van der Waals surface area contributed by atoms with Crippen LogP contribution in [0.2, 0.25) is 0 Å². The van der Waals surface area contributed by atoms with Crippen molar-refractivity contribution in [3.05, 3.63) is 91.9 Å². The van der Waals surface area contributed by atoms with Crippen molar-refractivity contribution in [3.63, 3.8) is 0 Å². The van der Waals surface area contributed by atoms with Crippen LogP contribution in [0.3, 0.4) is 0 Å². The number of methoxy groups -OCH3 is 2. The first-order valence-electron chi connectivity index (χ1n) is 10.7. The van der Waals surface area contributed by atoms with Crippen LogP contribution in [0.1, 0.15) is 36.1 Å². The van der Waals surface area contributed by atoms with Gasteiger partial charge in [-0.3, -0.25) is 10.1 Å². The van der Waals surface area contributed by atoms with E-state index in [0.717, 1.165) is 32.6 Å². The molecule has 0 unspecified atom stereocenters. The van der Waals surface area contributed by atoms with E-state index in [9.17, 15) is 10.1 Å². The van der Waals surface area contributed by atoms with E-state index < -0.39 is 10.6 Å². The molecule has 0 saturated heterocycles. The monoisotopic (exact) mass is 523 g/mol. The number of hydrogen-bond donors (Lipinski definition) is 0. The Bertz CT molecular complexity index is 1310. The van der Waals surface area contributed by atoms with Crippen LogP contribution in [-0.4, -0.2) is 29.9 Å². The molecule has 3 aromatic rings. The van der Waals surface area contributed by atoms with Gasteiger partial charge in [0.15, 0.2) is 11.5 Å². The maximum atomic E-state index is 11.2. The van der Waals surface area contributed by atoms with Crippen LogP contribution in [0.5, 0.6) is 17.2 Å². The van der Waals surface area contributed by atoms with Gasteiger partial charge in [-0.2, -0.15) is 5.10 Å². The van der Waals surface area contributed by atoms with Crippen LogP contribution in [0.4, 0.5) is 5.69 Å². The Kier molecular flexibility index (Phi) is 5.44. The topological polar surface area (TPSA) is 86.4 Å². The first-order valence-corrected chi connectivity index (χ1v) is 11.5. The highest BCUT2D eigenvalue weighted by Crippen LogP contribution is 2.51. The van der Waals surface area contributed by atoms with E-state index in [-0.39, 0.29) is 11.7 Å². The lowest BCUT2D eigenvalue weighted by molar-refractivity contribution is -0.384. The highest BCUT2D eigenvalue weighted by Gasteiger charge is 2.49. The van der Waals surface area contributed by atoms with E-state index in [0.29, 0.717) is 17.9 Å². The smallest absolute Gasteiger partial charge is 0.269 e. The molecule has 5 rings (SSSR count). The molecule has 0 radical (unpaired) electrons. The highest BCUT2D eigenvalue weighted by atomic mass is 79.9. The minimum Gasteiger partial charge on any atom is -0.493 e. The summed E-state index contributed by atoms with van der Waals surface area (Å²) in [6, 6.07) is 18.0. The zero-order chi connectivity index (χ0) is 24.0. The van der Waals surface area contributed by atoms with Gasteiger partial charge in [0.2, 0.25) is 5.72 Å². The summed E-state index contributed by atoms with van der Waals surface area (Å²) in [7, 11) is 3.21. The van der Waals surface area contributed by atoms with Gasteiger partial charge >= 0.3 is 0 Å². The molecule has 34 heavy (non-hydrogen) atoms. The third kappa shape index (κ3) is 3.56. The van der Waals surface area contributed by atoms with Gasteiger partial charge in [0.25, 0.3) is 5.69 Å². The predicted molar refractivity (Wildman–Crippen MR) is 130 cm³/mol. The van der Waals surface area contributed by atoms with E-state index in [1.807, 2.05) is 42.3 Å². The van der Waals surface area contributed by atoms with Gasteiger partial charge in [-0.05, 0) is 48.5 Å². The molecular formula is C25H22BrN3O5. The lowest BCUT2D eigenvalue weighted by Crippen LogP contribution is -2.48. The van der Waals surface area contributed by atoms with Crippen LogP contribution in [0.25, 0.3) is 0 Å². The Hall–Kier alpha value is -3.59. The minimum absolute atomic E-state index is 0.0278. The summed E-state index contributed by atoms with van der Waals surface area (Å²) in [4.78, 5) is 10.8. The second-order valence-electron chi connectivity index (χ2n) is 8.25. The number of fused-ring (bicyclic) bond motifs is 3. The number of non-ortho nitro benzene ring substituents is 1. The lowest BCUT2D eigenvalue weighted by Gasteiger charge is -2.46. The molecule has 0 fully saturated rings. The van der Waals surface area contributed by atoms with Crippen LogP contribution in [-0.2, 0) is 5.72 Å². The molecule has 9 heteroatoms. The van der Waals surface area contributed by atoms with Gasteiger partial charge < -0.3 is 14.2 Å². The average Bonchev–Trinajstić information content (AvgIpc) is 3.31. The molecule has 0 aromatic heterocycles. The Morgan fingerprint density at radius 2 is 1.82 bits per heavy atom. The zero-order valence-electron chi connectivity index (χ0n) is 18.8. The fourth-order valence-electron chi connectivity index (χ4n) is 4.55. The normalized spacial score (nSPS) is 20.6. The molecule has 2 aliphatic heterocycles. The fourth-order valence-corrected chi connectivity index (χ4v) is 4.93. The molecule has 2 atom stereocenters. The first-order chi connectivity index (χ1) is 16.3. The van der Waals surface area contributed by atoms with Crippen LogP contribution in [0, 0.1) is 10.1 Å². The lowest BCUT2D eigenvalue weighted by atomic mass is 9.92. The summed E-state index contributed by atoms with van der Waals surface area (Å²) in [5.41, 5.74) is 2.67. The van der Waals surface area contributed by atoms with E-state index in [1.54, 1.807) is 26.4 Å². The number of nitro groups is 1. The molecule has 0 aliphatic carbocycles. The Labute approximate surface area is 205 Å². The number of halogens is 1. The quantitative estimate of drug-likeness (QED) is 0.310. The summed E-state index contributed by atoms with van der Waals surface area (Å²) in [5.74, 6) is 2.04. The van der Waals surface area contributed by atoms with Crippen molar-refractivity contribution in [3.8, 4) is 17.2 Å². The van der Waals surface area contributed by atoms with E-state index in [2.05, 4.69) is 22.0 Å². The van der Waals surface area contributed by atoms with Crippen molar-refractivity contribution in [1.29, 1.82) is 0 Å². The summed E-state index contributed by atoms with van der Waals surface area (Å²) in [6.45, 7) is 1.94. The van der Waals surface area contributed by atoms with Crippen molar-refractivity contribution in [2.75, 3.05) is 14.2 Å². The molecule has 2 heterocycles. The number of rotatable bonds is 5. The minimum atomic E-state index is -0.959. The molecule has 0 saturated carbocycles. The molecule has 2 aliphatic rings. The fraction of sp³-hybridized carbons (Fsp3) is 0.240. The number of hydrogen-bond acceptors (Lipinski definition) is 7. The molecule has 0 N–H and O–H groups in total. The molecule has 8 nitrogen and oxygen atoms in total. The average molecular weight is 524 g/mol. The summed E-state index contributed by atoms with van der Waals surface area (Å²) in [5, 5.41) is 18.1. The standard InChI is InChI=1S/C25H22BrN3O5/c1-25(16-5-8-18(9-6-16)29(30)31)28-21(19-13-17(26)7-11-22(19)34-25)14-20(27-28)15-4-10-23(32-2)24(12-15)33-3/h4-13,21H,14H2,1-3H3/t21-,25+/m1/s1. The number of nitrogens with zero attached hydrogens (tertiary/aromatic N) is 3. The van der Waals surface area contributed by atoms with Gasteiger partial charge in [0, 0.05) is 46.6 Å². The van der Waals surface area contributed by atoms with E-state index in [4.69, 9.17) is 19.3 Å². The maximum absolute atomic E-state index is 11.2. The van der Waals surface area contributed by atoms with Crippen LogP contribution in [0.15, 0.2) is 70.2 Å². The van der Waals surface area contributed by atoms with Gasteiger partial charge in [-0.25, -0.2) is 5.01 Å². The van der Waals surface area contributed by atoms with Gasteiger partial charge in [0.05, 0.1) is 30.9 Å². The second kappa shape index (κ2) is 8.32. The largest absolute Gasteiger partial charge is 0.493 e. The summed E-state index contributed by atoms with van der Waals surface area (Å²) < 4.78 is 18.3. The third-order valence-electron chi connectivity index (χ3n) is 6.32. The number of hydrazone groups is 1. The number of benzene rings is 3. The molecule has 3 aromatic carbocycles. The van der Waals surface area contributed by atoms with Crippen LogP contribution < -0.4 is 14.2 Å². The van der Waals surface area contributed by atoms with Crippen molar-refractivity contribution >= 4 is 27.3 Å². The van der Waals surface area contributed by atoms with E-state index in [1.165, 1.54) is 12.1 Å². The van der Waals surface area contributed by atoms with Gasteiger partial charge in [0.1, 0.15) is 5.75 Å². The molecule has 174 valence electrons. The highest BCUT2D eigenvalue weighted by molar-refractivity contribution is 9.10.